The van der Waals surface area contributed by atoms with E-state index in [2.05, 4.69) is 6.92 Å². The average Bonchev–Trinajstić information content (AvgIpc) is 3.00. The molecule has 0 bridgehead atoms. The molecule has 1 aromatic rings. The van der Waals surface area contributed by atoms with E-state index in [-0.39, 0.29) is 23.9 Å². The summed E-state index contributed by atoms with van der Waals surface area (Å²) in [4.78, 5) is 11.7. The van der Waals surface area contributed by atoms with Gasteiger partial charge in [-0.05, 0) is 24.0 Å². The number of carbonyl (C=O) groups excluding carboxylic acids is 1. The van der Waals surface area contributed by atoms with Gasteiger partial charge in [-0.15, -0.1) is 0 Å². The number of halogens is 1. The zero-order valence-electron chi connectivity index (χ0n) is 8.87. The molecule has 0 saturated heterocycles. The van der Waals surface area contributed by atoms with Gasteiger partial charge < -0.3 is 0 Å². The Morgan fingerprint density at radius 1 is 1.47 bits per heavy atom. The second kappa shape index (κ2) is 4.13. The maximum Gasteiger partial charge on any atom is 0.140 e. The zero-order chi connectivity index (χ0) is 10.8. The van der Waals surface area contributed by atoms with Crippen molar-refractivity contribution in [3.8, 4) is 0 Å². The van der Waals surface area contributed by atoms with Crippen LogP contribution in [0.3, 0.4) is 0 Å². The minimum absolute atomic E-state index is 0.201. The third-order valence-corrected chi connectivity index (χ3v) is 3.18. The van der Waals surface area contributed by atoms with Gasteiger partial charge >= 0.3 is 0 Å². The van der Waals surface area contributed by atoms with Gasteiger partial charge in [0.25, 0.3) is 0 Å². The van der Waals surface area contributed by atoms with Crippen LogP contribution in [0.1, 0.15) is 25.3 Å². The second-order valence-corrected chi connectivity index (χ2v) is 4.25. The Bertz CT molecular complexity index is 373. The van der Waals surface area contributed by atoms with E-state index in [1.54, 1.807) is 18.2 Å². The quantitative estimate of drug-likeness (QED) is 0.740. The number of benzene rings is 1. The molecule has 1 fully saturated rings. The number of rotatable bonds is 4. The van der Waals surface area contributed by atoms with E-state index in [1.807, 2.05) is 0 Å². The maximum atomic E-state index is 13.3. The van der Waals surface area contributed by atoms with Crippen molar-refractivity contribution in [2.24, 2.45) is 11.8 Å². The number of hydrogen-bond acceptors (Lipinski definition) is 1. The second-order valence-electron chi connectivity index (χ2n) is 4.25. The smallest absolute Gasteiger partial charge is 0.140 e. The lowest BCUT2D eigenvalue weighted by Gasteiger charge is -2.01. The Morgan fingerprint density at radius 3 is 2.80 bits per heavy atom. The van der Waals surface area contributed by atoms with Gasteiger partial charge in [-0.2, -0.15) is 0 Å². The molecule has 2 unspecified atom stereocenters. The normalized spacial score (nSPS) is 23.9. The molecule has 15 heavy (non-hydrogen) atoms. The summed E-state index contributed by atoms with van der Waals surface area (Å²) in [5.74, 6) is 0.699. The topological polar surface area (TPSA) is 17.1 Å². The van der Waals surface area contributed by atoms with E-state index in [4.69, 9.17) is 0 Å². The fourth-order valence-electron chi connectivity index (χ4n) is 2.05. The zero-order valence-corrected chi connectivity index (χ0v) is 8.87. The SMILES string of the molecule is CCC1CC1C(=O)Cc1ccccc1F. The molecule has 2 heteroatoms. The first-order valence-electron chi connectivity index (χ1n) is 5.48. The molecule has 1 aliphatic rings. The lowest BCUT2D eigenvalue weighted by molar-refractivity contribution is -0.119. The predicted molar refractivity (Wildman–Crippen MR) is 57.0 cm³/mol. The van der Waals surface area contributed by atoms with E-state index in [0.29, 0.717) is 11.5 Å². The van der Waals surface area contributed by atoms with Crippen molar-refractivity contribution in [3.63, 3.8) is 0 Å². The summed E-state index contributed by atoms with van der Waals surface area (Å²) in [6.07, 6.45) is 2.32. The molecule has 1 aliphatic carbocycles. The molecule has 2 rings (SSSR count). The molecule has 1 nitrogen and oxygen atoms in total. The fraction of sp³-hybridized carbons (Fsp3) is 0.462. The summed E-state index contributed by atoms with van der Waals surface area (Å²) in [7, 11) is 0. The van der Waals surface area contributed by atoms with Crippen LogP contribution in [0.15, 0.2) is 24.3 Å². The Kier molecular flexibility index (Phi) is 2.85. The molecule has 0 heterocycles. The Hall–Kier alpha value is -1.18. The molecule has 1 aromatic carbocycles. The van der Waals surface area contributed by atoms with Gasteiger partial charge in [-0.25, -0.2) is 4.39 Å². The lowest BCUT2D eigenvalue weighted by atomic mass is 10.0. The summed E-state index contributed by atoms with van der Waals surface area (Å²) >= 11 is 0. The molecule has 80 valence electrons. The monoisotopic (exact) mass is 206 g/mol. The van der Waals surface area contributed by atoms with Gasteiger partial charge in [0.15, 0.2) is 0 Å². The number of carbonyl (C=O) groups is 1. The summed E-state index contributed by atoms with van der Waals surface area (Å²) in [6.45, 7) is 2.10. The van der Waals surface area contributed by atoms with Crippen LogP contribution in [0.4, 0.5) is 4.39 Å². The van der Waals surface area contributed by atoms with Crippen LogP contribution in [-0.4, -0.2) is 5.78 Å². The number of Topliss-reactive ketones (excluding diaryl/α,β-unsaturated/α-hetero) is 1. The van der Waals surface area contributed by atoms with Gasteiger partial charge in [-0.1, -0.05) is 31.5 Å². The van der Waals surface area contributed by atoms with E-state index in [0.717, 1.165) is 12.8 Å². The van der Waals surface area contributed by atoms with Crippen molar-refractivity contribution >= 4 is 5.78 Å². The van der Waals surface area contributed by atoms with Crippen LogP contribution < -0.4 is 0 Å². The highest BCUT2D eigenvalue weighted by Crippen LogP contribution is 2.42. The Balaban J connectivity index is 1.98. The first kappa shape index (κ1) is 10.3. The molecule has 2 atom stereocenters. The Morgan fingerprint density at radius 2 is 2.20 bits per heavy atom. The van der Waals surface area contributed by atoms with Gasteiger partial charge in [0.2, 0.25) is 0 Å². The van der Waals surface area contributed by atoms with Crippen molar-refractivity contribution in [2.45, 2.75) is 26.2 Å². The van der Waals surface area contributed by atoms with Crippen molar-refractivity contribution in [1.82, 2.24) is 0 Å². The average molecular weight is 206 g/mol. The van der Waals surface area contributed by atoms with Gasteiger partial charge in [0.1, 0.15) is 11.6 Å². The van der Waals surface area contributed by atoms with Crippen molar-refractivity contribution in [3.05, 3.63) is 35.6 Å². The highest BCUT2D eigenvalue weighted by molar-refractivity contribution is 5.85. The minimum atomic E-state index is -0.264. The summed E-state index contributed by atoms with van der Waals surface area (Å²) in [5, 5.41) is 0. The third kappa shape index (κ3) is 2.25. The first-order valence-corrected chi connectivity index (χ1v) is 5.48. The van der Waals surface area contributed by atoms with Crippen LogP contribution >= 0.6 is 0 Å². The van der Waals surface area contributed by atoms with Crippen LogP contribution in [-0.2, 0) is 11.2 Å². The first-order chi connectivity index (χ1) is 7.22. The summed E-state index contributed by atoms with van der Waals surface area (Å²) in [6, 6.07) is 6.52. The lowest BCUT2D eigenvalue weighted by Crippen LogP contribution is -2.07. The Labute approximate surface area is 89.3 Å². The molecule has 0 aromatic heterocycles. The van der Waals surface area contributed by atoms with E-state index < -0.39 is 0 Å². The largest absolute Gasteiger partial charge is 0.299 e. The highest BCUT2D eigenvalue weighted by Gasteiger charge is 2.40. The van der Waals surface area contributed by atoms with Crippen molar-refractivity contribution in [1.29, 1.82) is 0 Å². The highest BCUT2D eigenvalue weighted by atomic mass is 19.1. The molecular formula is C13H15FO. The summed E-state index contributed by atoms with van der Waals surface area (Å²) < 4.78 is 13.3. The van der Waals surface area contributed by atoms with Gasteiger partial charge in [-0.3, -0.25) is 4.79 Å². The van der Waals surface area contributed by atoms with E-state index in [1.165, 1.54) is 6.07 Å². The van der Waals surface area contributed by atoms with Crippen molar-refractivity contribution in [2.75, 3.05) is 0 Å². The van der Waals surface area contributed by atoms with E-state index >= 15 is 0 Å². The standard InChI is InChI=1S/C13H15FO/c1-2-9-7-11(9)13(15)8-10-5-3-4-6-12(10)14/h3-6,9,11H,2,7-8H2,1H3. The third-order valence-electron chi connectivity index (χ3n) is 3.18. The van der Waals surface area contributed by atoms with Crippen LogP contribution in [0.2, 0.25) is 0 Å². The fourth-order valence-corrected chi connectivity index (χ4v) is 2.05. The minimum Gasteiger partial charge on any atom is -0.299 e. The van der Waals surface area contributed by atoms with Crippen LogP contribution in [0, 0.1) is 17.7 Å². The van der Waals surface area contributed by atoms with Gasteiger partial charge in [0.05, 0.1) is 0 Å². The predicted octanol–water partition coefficient (Wildman–Crippen LogP) is 2.98. The maximum absolute atomic E-state index is 13.3. The van der Waals surface area contributed by atoms with Gasteiger partial charge in [0, 0.05) is 12.3 Å². The molecule has 0 radical (unpaired) electrons. The molecule has 0 amide bonds. The van der Waals surface area contributed by atoms with Crippen LogP contribution in [0.5, 0.6) is 0 Å². The summed E-state index contributed by atoms with van der Waals surface area (Å²) in [5.41, 5.74) is 0.532. The molecular weight excluding hydrogens is 191 g/mol. The molecule has 1 saturated carbocycles. The molecule has 0 spiro atoms. The van der Waals surface area contributed by atoms with Crippen LogP contribution in [0.25, 0.3) is 0 Å². The number of hydrogen-bond donors (Lipinski definition) is 0. The van der Waals surface area contributed by atoms with E-state index in [9.17, 15) is 9.18 Å². The van der Waals surface area contributed by atoms with Crippen molar-refractivity contribution < 1.29 is 9.18 Å². The molecule has 0 aliphatic heterocycles. The molecule has 0 N–H and O–H groups in total. The number of ketones is 1.